The molecule has 0 saturated heterocycles. The van der Waals surface area contributed by atoms with Crippen LogP contribution < -0.4 is 10.1 Å². The number of nitrogens with one attached hydrogen (secondary N) is 1. The summed E-state index contributed by atoms with van der Waals surface area (Å²) in [4.78, 5) is 23.6. The first-order valence-corrected chi connectivity index (χ1v) is 8.72. The third kappa shape index (κ3) is 6.59. The van der Waals surface area contributed by atoms with Gasteiger partial charge >= 0.3 is 5.97 Å². The van der Waals surface area contributed by atoms with E-state index in [0.717, 1.165) is 16.9 Å². The summed E-state index contributed by atoms with van der Waals surface area (Å²) in [5.41, 5.74) is 1.68. The van der Waals surface area contributed by atoms with Gasteiger partial charge in [0.25, 0.3) is 0 Å². The van der Waals surface area contributed by atoms with E-state index in [1.54, 1.807) is 0 Å². The number of rotatable bonds is 9. The van der Waals surface area contributed by atoms with E-state index in [1.807, 2.05) is 54.6 Å². The molecule has 0 saturated carbocycles. The Balaban J connectivity index is 1.90. The molecule has 0 aliphatic rings. The van der Waals surface area contributed by atoms with Crippen LogP contribution in [0.2, 0.25) is 0 Å². The Bertz CT molecular complexity index is 711. The first kappa shape index (κ1) is 19.5. The molecule has 0 aliphatic carbocycles. The van der Waals surface area contributed by atoms with Crippen LogP contribution in [0.25, 0.3) is 0 Å². The molecule has 0 aromatic heterocycles. The second-order valence-electron chi connectivity index (χ2n) is 6.67. The van der Waals surface area contributed by atoms with Crippen LogP contribution in [-0.2, 0) is 22.4 Å². The van der Waals surface area contributed by atoms with Crippen molar-refractivity contribution < 1.29 is 19.4 Å². The van der Waals surface area contributed by atoms with E-state index in [9.17, 15) is 14.7 Å². The predicted octanol–water partition coefficient (Wildman–Crippen LogP) is 3.08. The van der Waals surface area contributed by atoms with Crippen molar-refractivity contribution in [1.82, 2.24) is 5.32 Å². The molecule has 0 unspecified atom stereocenters. The zero-order valence-corrected chi connectivity index (χ0v) is 15.1. The fourth-order valence-electron chi connectivity index (χ4n) is 2.45. The number of ether oxygens (including phenoxy) is 1. The Morgan fingerprint density at radius 1 is 1.00 bits per heavy atom. The Morgan fingerprint density at radius 3 is 2.23 bits per heavy atom. The quantitative estimate of drug-likeness (QED) is 0.725. The van der Waals surface area contributed by atoms with Gasteiger partial charge in [-0.1, -0.05) is 56.3 Å². The maximum Gasteiger partial charge on any atom is 0.326 e. The monoisotopic (exact) mass is 355 g/mol. The molecule has 0 bridgehead atoms. The van der Waals surface area contributed by atoms with Gasteiger partial charge in [-0.3, -0.25) is 4.79 Å². The summed E-state index contributed by atoms with van der Waals surface area (Å²) in [5, 5.41) is 12.0. The maximum atomic E-state index is 12.2. The van der Waals surface area contributed by atoms with Crippen molar-refractivity contribution >= 4 is 11.9 Å². The summed E-state index contributed by atoms with van der Waals surface area (Å²) in [5.74, 6) is -0.155. The minimum absolute atomic E-state index is 0.128. The van der Waals surface area contributed by atoms with Crippen LogP contribution in [0.15, 0.2) is 54.6 Å². The highest BCUT2D eigenvalue weighted by molar-refractivity contribution is 5.85. The molecule has 5 nitrogen and oxygen atoms in total. The smallest absolute Gasteiger partial charge is 0.326 e. The predicted molar refractivity (Wildman–Crippen MR) is 100 cm³/mol. The summed E-state index contributed by atoms with van der Waals surface area (Å²) in [7, 11) is 0. The third-order valence-corrected chi connectivity index (χ3v) is 3.79. The molecule has 0 radical (unpaired) electrons. The lowest BCUT2D eigenvalue weighted by Gasteiger charge is -2.15. The summed E-state index contributed by atoms with van der Waals surface area (Å²) in [6, 6.07) is 15.6. The van der Waals surface area contributed by atoms with Gasteiger partial charge in [0.1, 0.15) is 11.8 Å². The van der Waals surface area contributed by atoms with Gasteiger partial charge in [-0.15, -0.1) is 0 Å². The van der Waals surface area contributed by atoms with Crippen molar-refractivity contribution in [1.29, 1.82) is 0 Å². The van der Waals surface area contributed by atoms with Gasteiger partial charge in [-0.2, -0.15) is 0 Å². The molecule has 2 aromatic rings. The minimum atomic E-state index is -1.04. The van der Waals surface area contributed by atoms with Gasteiger partial charge in [0.05, 0.1) is 13.0 Å². The van der Waals surface area contributed by atoms with E-state index >= 15 is 0 Å². The van der Waals surface area contributed by atoms with E-state index in [1.165, 1.54) is 0 Å². The molecule has 0 aliphatic heterocycles. The van der Waals surface area contributed by atoms with Gasteiger partial charge < -0.3 is 15.2 Å². The minimum Gasteiger partial charge on any atom is -0.493 e. The number of carbonyl (C=O) groups is 2. The van der Waals surface area contributed by atoms with Gasteiger partial charge in [0.2, 0.25) is 5.91 Å². The molecule has 5 heteroatoms. The van der Waals surface area contributed by atoms with Crippen LogP contribution in [0.5, 0.6) is 5.75 Å². The van der Waals surface area contributed by atoms with Crippen molar-refractivity contribution in [3.8, 4) is 5.75 Å². The Morgan fingerprint density at radius 2 is 1.65 bits per heavy atom. The zero-order chi connectivity index (χ0) is 18.9. The van der Waals surface area contributed by atoms with E-state index in [0.29, 0.717) is 12.5 Å². The fraction of sp³-hybridized carbons (Fsp3) is 0.333. The molecule has 1 amide bonds. The van der Waals surface area contributed by atoms with Gasteiger partial charge in [-0.25, -0.2) is 4.79 Å². The van der Waals surface area contributed by atoms with Crippen LogP contribution in [-0.4, -0.2) is 29.6 Å². The van der Waals surface area contributed by atoms with Crippen LogP contribution in [0.3, 0.4) is 0 Å². The van der Waals surface area contributed by atoms with Gasteiger partial charge in [-0.05, 0) is 29.2 Å². The lowest BCUT2D eigenvalue weighted by atomic mass is 10.1. The number of carboxylic acids is 1. The molecule has 2 N–H and O–H groups in total. The number of carboxylic acid groups (broad SMARTS) is 1. The van der Waals surface area contributed by atoms with E-state index in [-0.39, 0.29) is 18.7 Å². The number of amides is 1. The highest BCUT2D eigenvalue weighted by Gasteiger charge is 2.20. The topological polar surface area (TPSA) is 75.6 Å². The summed E-state index contributed by atoms with van der Waals surface area (Å²) >= 11 is 0. The molecule has 0 fully saturated rings. The summed E-state index contributed by atoms with van der Waals surface area (Å²) in [6.45, 7) is 4.79. The lowest BCUT2D eigenvalue weighted by molar-refractivity contribution is -0.141. The Kier molecular flexibility index (Phi) is 7.21. The lowest BCUT2D eigenvalue weighted by Crippen LogP contribution is -2.43. The number of hydrogen-bond donors (Lipinski definition) is 2. The number of benzene rings is 2. The molecule has 26 heavy (non-hydrogen) atoms. The molecular formula is C21H25NO4. The van der Waals surface area contributed by atoms with Crippen molar-refractivity contribution in [3.63, 3.8) is 0 Å². The van der Waals surface area contributed by atoms with Crippen LogP contribution >= 0.6 is 0 Å². The summed E-state index contributed by atoms with van der Waals surface area (Å²) < 4.78 is 5.61. The standard InChI is InChI=1S/C21H25NO4/c1-15(2)14-26-18-10-8-17(9-11-18)13-20(23)22-19(21(24)25)12-16-6-4-3-5-7-16/h3-11,15,19H,12-14H2,1-2H3,(H,22,23)(H,24,25)/t19-/m0/s1. The molecular weight excluding hydrogens is 330 g/mol. The molecule has 2 aromatic carbocycles. The van der Waals surface area contributed by atoms with Crippen LogP contribution in [0.1, 0.15) is 25.0 Å². The van der Waals surface area contributed by atoms with E-state index in [2.05, 4.69) is 19.2 Å². The van der Waals surface area contributed by atoms with Crippen LogP contribution in [0, 0.1) is 5.92 Å². The Hall–Kier alpha value is -2.82. The maximum absolute atomic E-state index is 12.2. The normalized spacial score (nSPS) is 11.8. The average Bonchev–Trinajstić information content (AvgIpc) is 2.61. The highest BCUT2D eigenvalue weighted by Crippen LogP contribution is 2.14. The highest BCUT2D eigenvalue weighted by atomic mass is 16.5. The van der Waals surface area contributed by atoms with Crippen molar-refractivity contribution in [2.24, 2.45) is 5.92 Å². The van der Waals surface area contributed by atoms with Crippen LogP contribution in [0.4, 0.5) is 0 Å². The Labute approximate surface area is 154 Å². The van der Waals surface area contributed by atoms with E-state index in [4.69, 9.17) is 4.74 Å². The number of aliphatic carboxylic acids is 1. The second-order valence-corrected chi connectivity index (χ2v) is 6.67. The first-order valence-electron chi connectivity index (χ1n) is 8.72. The van der Waals surface area contributed by atoms with Crippen molar-refractivity contribution in [2.45, 2.75) is 32.7 Å². The number of carbonyl (C=O) groups excluding carboxylic acids is 1. The SMILES string of the molecule is CC(C)COc1ccc(CC(=O)N[C@@H](Cc2ccccc2)C(=O)O)cc1. The van der Waals surface area contributed by atoms with E-state index < -0.39 is 12.0 Å². The molecule has 138 valence electrons. The number of hydrogen-bond acceptors (Lipinski definition) is 3. The second kappa shape index (κ2) is 9.61. The van der Waals surface area contributed by atoms with Gasteiger partial charge in [0, 0.05) is 6.42 Å². The van der Waals surface area contributed by atoms with Crippen molar-refractivity contribution in [3.05, 3.63) is 65.7 Å². The van der Waals surface area contributed by atoms with Crippen molar-refractivity contribution in [2.75, 3.05) is 6.61 Å². The molecule has 1 atom stereocenters. The average molecular weight is 355 g/mol. The molecule has 0 heterocycles. The largest absolute Gasteiger partial charge is 0.493 e. The van der Waals surface area contributed by atoms with Gasteiger partial charge in [0.15, 0.2) is 0 Å². The molecule has 2 rings (SSSR count). The fourth-order valence-corrected chi connectivity index (χ4v) is 2.45. The first-order chi connectivity index (χ1) is 12.4. The zero-order valence-electron chi connectivity index (χ0n) is 15.1. The third-order valence-electron chi connectivity index (χ3n) is 3.79. The summed E-state index contributed by atoms with van der Waals surface area (Å²) in [6.07, 6.45) is 0.382. The molecule has 0 spiro atoms.